The fraction of sp³-hybridized carbons (Fsp3) is 0.750. The van der Waals surface area contributed by atoms with E-state index >= 15 is 0 Å². The summed E-state index contributed by atoms with van der Waals surface area (Å²) in [6.07, 6.45) is 10.3. The van der Waals surface area contributed by atoms with Crippen LogP contribution in [0, 0.1) is 23.7 Å². The molecule has 1 aliphatic rings. The Morgan fingerprint density at radius 3 is 0.812 bits per heavy atom. The molecule has 0 aromatic heterocycles. The third-order valence-electron chi connectivity index (χ3n) is 4.00. The van der Waals surface area contributed by atoms with Crippen molar-refractivity contribution >= 4 is 0 Å². The zero-order valence-electron chi connectivity index (χ0n) is 11.7. The van der Waals surface area contributed by atoms with Crippen molar-refractivity contribution in [1.82, 2.24) is 0 Å². The molecule has 0 spiro atoms. The average Bonchev–Trinajstić information content (AvgIpc) is 2.29. The molecule has 16 heavy (non-hydrogen) atoms. The summed E-state index contributed by atoms with van der Waals surface area (Å²) in [5.41, 5.74) is 0. The van der Waals surface area contributed by atoms with Gasteiger partial charge >= 0.3 is 0 Å². The first-order valence-electron chi connectivity index (χ1n) is 7.07. The van der Waals surface area contributed by atoms with Crippen molar-refractivity contribution < 1.29 is 0 Å². The molecule has 4 radical (unpaired) electrons. The summed E-state index contributed by atoms with van der Waals surface area (Å²) in [5, 5.41) is 0. The Labute approximate surface area is 103 Å². The van der Waals surface area contributed by atoms with Crippen LogP contribution in [-0.2, 0) is 0 Å². The van der Waals surface area contributed by atoms with Gasteiger partial charge in [-0.05, 0) is 75.0 Å². The lowest BCUT2D eigenvalue weighted by atomic mass is 9.72. The van der Waals surface area contributed by atoms with Crippen LogP contribution in [0.5, 0.6) is 0 Å². The minimum Gasteiger partial charge on any atom is -0.0648 e. The Balaban J connectivity index is 2.61. The SMILES string of the molecule is CC[C]1C[C](CC)C[C](CC)C[C](CC)C1. The molecule has 92 valence electrons. The normalized spacial score (nSPS) is 23.2. The van der Waals surface area contributed by atoms with Crippen LogP contribution >= 0.6 is 0 Å². The van der Waals surface area contributed by atoms with Crippen LogP contribution in [0.2, 0.25) is 0 Å². The second kappa shape index (κ2) is 7.35. The van der Waals surface area contributed by atoms with Crippen molar-refractivity contribution in [3.63, 3.8) is 0 Å². The molecule has 0 nitrogen and oxygen atoms in total. The quantitative estimate of drug-likeness (QED) is 0.587. The first-order valence-corrected chi connectivity index (χ1v) is 7.07. The van der Waals surface area contributed by atoms with Crippen LogP contribution in [0.4, 0.5) is 0 Å². The van der Waals surface area contributed by atoms with Crippen LogP contribution in [-0.4, -0.2) is 0 Å². The molecule has 0 aromatic carbocycles. The molecular weight excluding hydrogens is 192 g/mol. The lowest BCUT2D eigenvalue weighted by molar-refractivity contribution is 0.533. The fourth-order valence-corrected chi connectivity index (χ4v) is 2.66. The van der Waals surface area contributed by atoms with Crippen molar-refractivity contribution in [3.05, 3.63) is 23.7 Å². The third kappa shape index (κ3) is 4.11. The van der Waals surface area contributed by atoms with Gasteiger partial charge in [0.1, 0.15) is 0 Å². The van der Waals surface area contributed by atoms with E-state index in [1.807, 2.05) is 0 Å². The predicted molar refractivity (Wildman–Crippen MR) is 72.6 cm³/mol. The van der Waals surface area contributed by atoms with Crippen molar-refractivity contribution in [1.29, 1.82) is 0 Å². The molecule has 0 aromatic rings. The molecule has 1 rings (SSSR count). The zero-order chi connectivity index (χ0) is 12.0. The maximum atomic E-state index is 2.32. The monoisotopic (exact) mass is 220 g/mol. The van der Waals surface area contributed by atoms with Gasteiger partial charge in [0.05, 0.1) is 0 Å². The summed E-state index contributed by atoms with van der Waals surface area (Å²) in [5.74, 6) is 7.07. The van der Waals surface area contributed by atoms with E-state index in [1.165, 1.54) is 51.4 Å². The Morgan fingerprint density at radius 1 is 0.500 bits per heavy atom. The van der Waals surface area contributed by atoms with Gasteiger partial charge in [0, 0.05) is 0 Å². The van der Waals surface area contributed by atoms with Gasteiger partial charge in [-0.3, -0.25) is 0 Å². The highest BCUT2D eigenvalue weighted by Gasteiger charge is 2.26. The first kappa shape index (κ1) is 14.1. The molecule has 1 saturated carbocycles. The van der Waals surface area contributed by atoms with E-state index in [-0.39, 0.29) is 0 Å². The predicted octanol–water partition coefficient (Wildman–Crippen LogP) is 5.50. The molecule has 0 aliphatic heterocycles. The highest BCUT2D eigenvalue weighted by Crippen LogP contribution is 2.41. The van der Waals surface area contributed by atoms with Gasteiger partial charge in [-0.2, -0.15) is 0 Å². The van der Waals surface area contributed by atoms with Crippen LogP contribution in [0.3, 0.4) is 0 Å². The van der Waals surface area contributed by atoms with E-state index in [0.717, 1.165) is 0 Å². The molecule has 0 bridgehead atoms. The second-order valence-corrected chi connectivity index (χ2v) is 5.12. The van der Waals surface area contributed by atoms with E-state index < -0.39 is 0 Å². The van der Waals surface area contributed by atoms with Gasteiger partial charge in [0.25, 0.3) is 0 Å². The molecule has 1 fully saturated rings. The standard InChI is InChI=1S/C16H28/c1-5-13-9-14(6-2)11-16(8-4)12-15(7-3)10-13/h5-12H2,1-4H3. The van der Waals surface area contributed by atoms with Crippen molar-refractivity contribution in [2.45, 2.75) is 79.1 Å². The lowest BCUT2D eigenvalue weighted by Crippen LogP contribution is -2.17. The van der Waals surface area contributed by atoms with E-state index in [4.69, 9.17) is 0 Å². The molecule has 0 N–H and O–H groups in total. The maximum Gasteiger partial charge on any atom is -0.0232 e. The largest absolute Gasteiger partial charge is 0.0648 e. The van der Waals surface area contributed by atoms with Crippen molar-refractivity contribution in [2.75, 3.05) is 0 Å². The van der Waals surface area contributed by atoms with Gasteiger partial charge in [0.15, 0.2) is 0 Å². The molecule has 1 aliphatic carbocycles. The summed E-state index contributed by atoms with van der Waals surface area (Å²) in [4.78, 5) is 0. The molecular formula is C16H28. The smallest absolute Gasteiger partial charge is 0.0232 e. The third-order valence-corrected chi connectivity index (χ3v) is 4.00. The van der Waals surface area contributed by atoms with Crippen LogP contribution in [0.25, 0.3) is 0 Å². The molecule has 0 heteroatoms. The van der Waals surface area contributed by atoms with E-state index in [0.29, 0.717) is 0 Å². The van der Waals surface area contributed by atoms with Crippen LogP contribution in [0.15, 0.2) is 0 Å². The van der Waals surface area contributed by atoms with Gasteiger partial charge < -0.3 is 0 Å². The Hall–Kier alpha value is 0. The van der Waals surface area contributed by atoms with Gasteiger partial charge in [-0.25, -0.2) is 0 Å². The minimum absolute atomic E-state index is 1.27. The van der Waals surface area contributed by atoms with E-state index in [1.54, 1.807) is 23.7 Å². The molecule has 0 amide bonds. The Kier molecular flexibility index (Phi) is 6.46. The fourth-order valence-electron chi connectivity index (χ4n) is 2.66. The van der Waals surface area contributed by atoms with Gasteiger partial charge in [0.2, 0.25) is 0 Å². The summed E-state index contributed by atoms with van der Waals surface area (Å²) < 4.78 is 0. The van der Waals surface area contributed by atoms with E-state index in [9.17, 15) is 0 Å². The Morgan fingerprint density at radius 2 is 0.688 bits per heavy atom. The zero-order valence-corrected chi connectivity index (χ0v) is 11.7. The van der Waals surface area contributed by atoms with E-state index in [2.05, 4.69) is 27.7 Å². The van der Waals surface area contributed by atoms with Crippen molar-refractivity contribution in [3.8, 4) is 0 Å². The van der Waals surface area contributed by atoms with Gasteiger partial charge in [-0.15, -0.1) is 0 Å². The summed E-state index contributed by atoms with van der Waals surface area (Å²) in [6, 6.07) is 0. The molecule has 0 unspecified atom stereocenters. The molecule has 0 atom stereocenters. The highest BCUT2D eigenvalue weighted by atomic mass is 14.3. The maximum absolute atomic E-state index is 2.32. The highest BCUT2D eigenvalue weighted by molar-refractivity contribution is 5.18. The lowest BCUT2D eigenvalue weighted by Gasteiger charge is -2.32. The number of rotatable bonds is 4. The topological polar surface area (TPSA) is 0 Å². The summed E-state index contributed by atoms with van der Waals surface area (Å²) in [6.45, 7) is 9.29. The first-order chi connectivity index (χ1) is 7.73. The minimum atomic E-state index is 1.27. The van der Waals surface area contributed by atoms with Crippen LogP contribution in [0.1, 0.15) is 79.1 Å². The Bertz CT molecular complexity index is 125. The number of hydrogen-bond donors (Lipinski definition) is 0. The summed E-state index contributed by atoms with van der Waals surface area (Å²) in [7, 11) is 0. The number of hydrogen-bond acceptors (Lipinski definition) is 0. The molecule has 0 saturated heterocycles. The van der Waals surface area contributed by atoms with Gasteiger partial charge in [-0.1, -0.05) is 27.7 Å². The summed E-state index contributed by atoms with van der Waals surface area (Å²) >= 11 is 0. The average molecular weight is 220 g/mol. The molecule has 0 heterocycles. The van der Waals surface area contributed by atoms with Crippen LogP contribution < -0.4 is 0 Å². The van der Waals surface area contributed by atoms with Crippen molar-refractivity contribution in [2.24, 2.45) is 0 Å². The second-order valence-electron chi connectivity index (χ2n) is 5.12.